The lowest BCUT2D eigenvalue weighted by molar-refractivity contribution is 0.174. The highest BCUT2D eigenvalue weighted by Crippen LogP contribution is 2.32. The van der Waals surface area contributed by atoms with E-state index in [1.54, 1.807) is 0 Å². The zero-order chi connectivity index (χ0) is 18.6. The van der Waals surface area contributed by atoms with E-state index in [-0.39, 0.29) is 12.8 Å². The summed E-state index contributed by atoms with van der Waals surface area (Å²) in [7, 11) is 0. The molecule has 6 heteroatoms. The summed E-state index contributed by atoms with van der Waals surface area (Å²) in [5, 5.41) is 3.03. The van der Waals surface area contributed by atoms with Gasteiger partial charge in [0.05, 0.1) is 0 Å². The molecule has 6 nitrogen and oxygen atoms in total. The minimum Gasteiger partial charge on any atom is -0.454 e. The lowest BCUT2D eigenvalue weighted by atomic mass is 10.1. The summed E-state index contributed by atoms with van der Waals surface area (Å²) < 4.78 is 10.7. The number of nitrogens with zero attached hydrogens (tertiary/aromatic N) is 2. The molecule has 1 fully saturated rings. The standard InChI is InChI=1S/C21H25N3O3/c1-16-3-2-4-18(13-16)23-9-11-24(12-10-23)21(25)22-8-7-17-5-6-19-20(14-17)27-15-26-19/h2-6,13-14H,7-12,15H2,1H3,(H,22,25). The Labute approximate surface area is 159 Å². The number of amides is 2. The molecule has 0 bridgehead atoms. The average Bonchev–Trinajstić information content (AvgIpc) is 3.16. The molecule has 0 radical (unpaired) electrons. The van der Waals surface area contributed by atoms with Crippen LogP contribution in [0.1, 0.15) is 11.1 Å². The minimum absolute atomic E-state index is 0.0136. The number of urea groups is 1. The van der Waals surface area contributed by atoms with Crippen molar-refractivity contribution in [2.24, 2.45) is 0 Å². The van der Waals surface area contributed by atoms with Crippen molar-refractivity contribution in [1.29, 1.82) is 0 Å². The van der Waals surface area contributed by atoms with Crippen LogP contribution in [-0.2, 0) is 6.42 Å². The molecular formula is C21H25N3O3. The van der Waals surface area contributed by atoms with E-state index in [9.17, 15) is 4.79 Å². The molecule has 1 N–H and O–H groups in total. The van der Waals surface area contributed by atoms with Gasteiger partial charge in [0.25, 0.3) is 0 Å². The number of benzene rings is 2. The van der Waals surface area contributed by atoms with Gasteiger partial charge < -0.3 is 24.6 Å². The zero-order valence-corrected chi connectivity index (χ0v) is 15.6. The molecule has 2 aliphatic heterocycles. The largest absolute Gasteiger partial charge is 0.454 e. The number of hydrogen-bond donors (Lipinski definition) is 1. The molecule has 2 heterocycles. The monoisotopic (exact) mass is 367 g/mol. The predicted octanol–water partition coefficient (Wildman–Crippen LogP) is 2.80. The Hall–Kier alpha value is -2.89. The number of hydrogen-bond acceptors (Lipinski definition) is 4. The van der Waals surface area contributed by atoms with Gasteiger partial charge in [-0.25, -0.2) is 4.79 Å². The van der Waals surface area contributed by atoms with Gasteiger partial charge in [0.1, 0.15) is 0 Å². The molecule has 0 aliphatic carbocycles. The first-order valence-corrected chi connectivity index (χ1v) is 9.42. The smallest absolute Gasteiger partial charge is 0.317 e. The molecule has 27 heavy (non-hydrogen) atoms. The number of piperazine rings is 1. The number of anilines is 1. The van der Waals surface area contributed by atoms with Crippen molar-refractivity contribution in [1.82, 2.24) is 10.2 Å². The molecule has 142 valence electrons. The quantitative estimate of drug-likeness (QED) is 0.903. The molecule has 2 amide bonds. The first-order chi connectivity index (χ1) is 13.2. The average molecular weight is 367 g/mol. The van der Waals surface area contributed by atoms with Crippen LogP contribution in [0.5, 0.6) is 11.5 Å². The second kappa shape index (κ2) is 7.78. The van der Waals surface area contributed by atoms with Crippen LogP contribution in [0.4, 0.5) is 10.5 Å². The van der Waals surface area contributed by atoms with Crippen LogP contribution < -0.4 is 19.7 Å². The molecule has 0 saturated carbocycles. The van der Waals surface area contributed by atoms with E-state index in [1.165, 1.54) is 11.3 Å². The van der Waals surface area contributed by atoms with Gasteiger partial charge >= 0.3 is 6.03 Å². The Balaban J connectivity index is 1.23. The number of rotatable bonds is 4. The molecule has 0 unspecified atom stereocenters. The topological polar surface area (TPSA) is 54.0 Å². The lowest BCUT2D eigenvalue weighted by Gasteiger charge is -2.36. The highest BCUT2D eigenvalue weighted by atomic mass is 16.7. The van der Waals surface area contributed by atoms with Gasteiger partial charge in [-0.3, -0.25) is 0 Å². The van der Waals surface area contributed by atoms with Crippen LogP contribution >= 0.6 is 0 Å². The highest BCUT2D eigenvalue weighted by Gasteiger charge is 2.21. The Morgan fingerprint density at radius 2 is 1.85 bits per heavy atom. The van der Waals surface area contributed by atoms with Gasteiger partial charge in [0, 0.05) is 38.4 Å². The molecule has 0 aromatic heterocycles. The van der Waals surface area contributed by atoms with E-state index < -0.39 is 0 Å². The summed E-state index contributed by atoms with van der Waals surface area (Å²) in [6, 6.07) is 14.4. The maximum Gasteiger partial charge on any atom is 0.317 e. The van der Waals surface area contributed by atoms with Gasteiger partial charge in [0.15, 0.2) is 11.5 Å². The SMILES string of the molecule is Cc1cccc(N2CCN(C(=O)NCCc3ccc4c(c3)OCO4)CC2)c1. The highest BCUT2D eigenvalue weighted by molar-refractivity contribution is 5.74. The van der Waals surface area contributed by atoms with E-state index in [4.69, 9.17) is 9.47 Å². The van der Waals surface area contributed by atoms with Crippen molar-refractivity contribution < 1.29 is 14.3 Å². The summed E-state index contributed by atoms with van der Waals surface area (Å²) >= 11 is 0. The van der Waals surface area contributed by atoms with Gasteiger partial charge in [-0.15, -0.1) is 0 Å². The second-order valence-electron chi connectivity index (χ2n) is 6.98. The molecular weight excluding hydrogens is 342 g/mol. The van der Waals surface area contributed by atoms with E-state index in [0.29, 0.717) is 6.54 Å². The zero-order valence-electron chi connectivity index (χ0n) is 15.6. The van der Waals surface area contributed by atoms with Crippen molar-refractivity contribution >= 4 is 11.7 Å². The molecule has 0 atom stereocenters. The first kappa shape index (κ1) is 17.5. The maximum atomic E-state index is 12.4. The fourth-order valence-electron chi connectivity index (χ4n) is 3.51. The van der Waals surface area contributed by atoms with Gasteiger partial charge in [-0.1, -0.05) is 18.2 Å². The normalized spacial score (nSPS) is 15.7. The van der Waals surface area contributed by atoms with Crippen LogP contribution in [-0.4, -0.2) is 50.4 Å². The van der Waals surface area contributed by atoms with E-state index >= 15 is 0 Å². The number of carbonyl (C=O) groups excluding carboxylic acids is 1. The van der Waals surface area contributed by atoms with Crippen molar-refractivity contribution in [2.45, 2.75) is 13.3 Å². The molecule has 2 aliphatic rings. The number of ether oxygens (including phenoxy) is 2. The van der Waals surface area contributed by atoms with Crippen molar-refractivity contribution in [3.63, 3.8) is 0 Å². The Bertz CT molecular complexity index is 816. The number of nitrogens with one attached hydrogen (secondary N) is 1. The molecule has 0 spiro atoms. The second-order valence-corrected chi connectivity index (χ2v) is 6.98. The molecule has 2 aromatic carbocycles. The van der Waals surface area contributed by atoms with Crippen LogP contribution in [0.15, 0.2) is 42.5 Å². The fraction of sp³-hybridized carbons (Fsp3) is 0.381. The van der Waals surface area contributed by atoms with Crippen molar-refractivity contribution in [2.75, 3.05) is 44.4 Å². The maximum absolute atomic E-state index is 12.4. The van der Waals surface area contributed by atoms with Crippen molar-refractivity contribution in [3.8, 4) is 11.5 Å². The summed E-state index contributed by atoms with van der Waals surface area (Å²) in [5.41, 5.74) is 3.62. The fourth-order valence-corrected chi connectivity index (χ4v) is 3.51. The molecule has 2 aromatic rings. The van der Waals surface area contributed by atoms with E-state index in [2.05, 4.69) is 41.4 Å². The van der Waals surface area contributed by atoms with E-state index in [1.807, 2.05) is 23.1 Å². The van der Waals surface area contributed by atoms with Crippen LogP contribution in [0, 0.1) is 6.92 Å². The van der Waals surface area contributed by atoms with Crippen LogP contribution in [0.25, 0.3) is 0 Å². The Morgan fingerprint density at radius 3 is 2.67 bits per heavy atom. The summed E-state index contributed by atoms with van der Waals surface area (Å²) in [5.74, 6) is 1.57. The van der Waals surface area contributed by atoms with Gasteiger partial charge in [-0.2, -0.15) is 0 Å². The lowest BCUT2D eigenvalue weighted by Crippen LogP contribution is -2.52. The number of aryl methyl sites for hydroxylation is 1. The number of carbonyl (C=O) groups is 1. The van der Waals surface area contributed by atoms with Gasteiger partial charge in [0.2, 0.25) is 6.79 Å². The van der Waals surface area contributed by atoms with E-state index in [0.717, 1.165) is 49.7 Å². The third kappa shape index (κ3) is 4.10. The van der Waals surface area contributed by atoms with Crippen LogP contribution in [0.3, 0.4) is 0 Å². The summed E-state index contributed by atoms with van der Waals surface area (Å²) in [6.07, 6.45) is 0.769. The minimum atomic E-state index is 0.0136. The predicted molar refractivity (Wildman–Crippen MR) is 105 cm³/mol. The van der Waals surface area contributed by atoms with Crippen LogP contribution in [0.2, 0.25) is 0 Å². The first-order valence-electron chi connectivity index (χ1n) is 9.42. The summed E-state index contributed by atoms with van der Waals surface area (Å²) in [6.45, 7) is 6.19. The van der Waals surface area contributed by atoms with Gasteiger partial charge in [-0.05, 0) is 48.7 Å². The molecule has 1 saturated heterocycles. The Kier molecular flexibility index (Phi) is 5.05. The molecule has 4 rings (SSSR count). The summed E-state index contributed by atoms with van der Waals surface area (Å²) in [4.78, 5) is 16.7. The third-order valence-electron chi connectivity index (χ3n) is 5.06. The Morgan fingerprint density at radius 1 is 1.04 bits per heavy atom. The number of fused-ring (bicyclic) bond motifs is 1. The van der Waals surface area contributed by atoms with Crippen molar-refractivity contribution in [3.05, 3.63) is 53.6 Å². The third-order valence-corrected chi connectivity index (χ3v) is 5.06.